The Balaban J connectivity index is 1.48. The normalized spacial score (nSPS) is 17.5. The first-order valence-electron chi connectivity index (χ1n) is 10.4. The number of anilines is 1. The van der Waals surface area contributed by atoms with Gasteiger partial charge in [0.1, 0.15) is 0 Å². The zero-order chi connectivity index (χ0) is 21.1. The molecular formula is C23H26ClN3O2S. The molecule has 1 aromatic heterocycles. The topological polar surface area (TPSA) is 56.7 Å². The Kier molecular flexibility index (Phi) is 6.56. The molecule has 0 unspecified atom stereocenters. The molecule has 0 bridgehead atoms. The second-order valence-corrected chi connectivity index (χ2v) is 9.32. The van der Waals surface area contributed by atoms with Gasteiger partial charge in [-0.2, -0.15) is 0 Å². The Morgan fingerprint density at radius 3 is 2.87 bits per heavy atom. The molecule has 3 aromatic rings. The van der Waals surface area contributed by atoms with Crippen LogP contribution in [0.15, 0.2) is 42.5 Å². The van der Waals surface area contributed by atoms with Crippen LogP contribution in [0.5, 0.6) is 0 Å². The van der Waals surface area contributed by atoms with Gasteiger partial charge in [0.2, 0.25) is 0 Å². The quantitative estimate of drug-likeness (QED) is 0.552. The summed E-state index contributed by atoms with van der Waals surface area (Å²) in [7, 11) is 0. The Morgan fingerprint density at radius 1 is 1.23 bits per heavy atom. The third-order valence-electron chi connectivity index (χ3n) is 5.53. The molecule has 30 heavy (non-hydrogen) atoms. The predicted molar refractivity (Wildman–Crippen MR) is 124 cm³/mol. The molecule has 2 aromatic carbocycles. The minimum Gasteiger partial charge on any atom is -0.481 e. The van der Waals surface area contributed by atoms with Crippen LogP contribution >= 0.6 is 22.9 Å². The monoisotopic (exact) mass is 443 g/mol. The van der Waals surface area contributed by atoms with E-state index in [0.717, 1.165) is 65.0 Å². The van der Waals surface area contributed by atoms with Gasteiger partial charge in [-0.25, -0.2) is 4.98 Å². The number of hydrogen-bond acceptors (Lipinski definition) is 5. The molecule has 0 amide bonds. The van der Waals surface area contributed by atoms with Gasteiger partial charge in [-0.3, -0.25) is 9.69 Å². The van der Waals surface area contributed by atoms with Crippen LogP contribution in [-0.4, -0.2) is 46.6 Å². The standard InChI is InChI=1S/C23H26ClN3O2S/c1-2-4-19-15-26(14-17-6-3-5-16(11-17)12-22(28)29)9-10-27(19)23-25-20-8-7-18(24)13-21(20)30-23/h3,5-8,11,13,19H,2,4,9-10,12,14-15H2,1H3,(H,28,29)/t19-/m0/s1. The van der Waals surface area contributed by atoms with Crippen molar-refractivity contribution in [1.29, 1.82) is 0 Å². The Bertz CT molecular complexity index is 1040. The first kappa shape index (κ1) is 21.1. The zero-order valence-corrected chi connectivity index (χ0v) is 18.6. The molecule has 5 nitrogen and oxygen atoms in total. The number of carbonyl (C=O) groups is 1. The van der Waals surface area contributed by atoms with Crippen LogP contribution < -0.4 is 4.90 Å². The highest BCUT2D eigenvalue weighted by atomic mass is 35.5. The van der Waals surface area contributed by atoms with E-state index in [9.17, 15) is 4.79 Å². The number of aliphatic carboxylic acids is 1. The van der Waals surface area contributed by atoms with E-state index >= 15 is 0 Å². The number of benzene rings is 2. The van der Waals surface area contributed by atoms with Crippen molar-refractivity contribution in [3.05, 3.63) is 58.6 Å². The fourth-order valence-electron chi connectivity index (χ4n) is 4.18. The van der Waals surface area contributed by atoms with Gasteiger partial charge in [0, 0.05) is 37.2 Å². The number of nitrogens with zero attached hydrogens (tertiary/aromatic N) is 3. The van der Waals surface area contributed by atoms with Crippen molar-refractivity contribution >= 4 is 44.3 Å². The highest BCUT2D eigenvalue weighted by molar-refractivity contribution is 7.22. The number of thiazole rings is 1. The third kappa shape index (κ3) is 4.94. The van der Waals surface area contributed by atoms with Crippen molar-refractivity contribution in [3.63, 3.8) is 0 Å². The molecule has 0 radical (unpaired) electrons. The van der Waals surface area contributed by atoms with E-state index in [1.165, 1.54) is 5.56 Å². The lowest BCUT2D eigenvalue weighted by molar-refractivity contribution is -0.136. The van der Waals surface area contributed by atoms with E-state index in [-0.39, 0.29) is 6.42 Å². The Labute approximate surface area is 185 Å². The van der Waals surface area contributed by atoms with E-state index in [4.69, 9.17) is 21.7 Å². The van der Waals surface area contributed by atoms with Gasteiger partial charge in [0.05, 0.1) is 16.6 Å². The van der Waals surface area contributed by atoms with Gasteiger partial charge in [0.25, 0.3) is 0 Å². The molecule has 2 heterocycles. The highest BCUT2D eigenvalue weighted by Gasteiger charge is 2.28. The zero-order valence-electron chi connectivity index (χ0n) is 17.1. The van der Waals surface area contributed by atoms with Crippen molar-refractivity contribution in [1.82, 2.24) is 9.88 Å². The van der Waals surface area contributed by atoms with Crippen LogP contribution in [0.4, 0.5) is 5.13 Å². The van der Waals surface area contributed by atoms with Crippen LogP contribution in [0.1, 0.15) is 30.9 Å². The summed E-state index contributed by atoms with van der Waals surface area (Å²) in [5.74, 6) is -0.791. The third-order valence-corrected chi connectivity index (χ3v) is 6.82. The lowest BCUT2D eigenvalue weighted by Crippen LogP contribution is -2.52. The summed E-state index contributed by atoms with van der Waals surface area (Å²) in [6.07, 6.45) is 2.31. The number of rotatable bonds is 7. The average Bonchev–Trinajstić information content (AvgIpc) is 3.11. The second-order valence-electron chi connectivity index (χ2n) is 7.87. The molecule has 4 rings (SSSR count). The maximum atomic E-state index is 11.0. The number of aromatic nitrogens is 1. The van der Waals surface area contributed by atoms with Crippen molar-refractivity contribution in [3.8, 4) is 0 Å². The molecule has 0 saturated carbocycles. The van der Waals surface area contributed by atoms with Crippen LogP contribution in [0.25, 0.3) is 10.2 Å². The average molecular weight is 444 g/mol. The Morgan fingerprint density at radius 2 is 2.07 bits per heavy atom. The smallest absolute Gasteiger partial charge is 0.307 e. The van der Waals surface area contributed by atoms with Crippen molar-refractivity contribution in [2.45, 2.75) is 38.8 Å². The molecule has 1 atom stereocenters. The maximum absolute atomic E-state index is 11.0. The van der Waals surface area contributed by atoms with Crippen LogP contribution in [0, 0.1) is 0 Å². The first-order valence-corrected chi connectivity index (χ1v) is 11.6. The minimum atomic E-state index is -0.791. The summed E-state index contributed by atoms with van der Waals surface area (Å²) in [6.45, 7) is 5.95. The van der Waals surface area contributed by atoms with E-state index in [0.29, 0.717) is 6.04 Å². The predicted octanol–water partition coefficient (Wildman–Crippen LogP) is 5.07. The summed E-state index contributed by atoms with van der Waals surface area (Å²) >= 11 is 7.87. The summed E-state index contributed by atoms with van der Waals surface area (Å²) in [5, 5.41) is 10.9. The van der Waals surface area contributed by atoms with Crippen LogP contribution in [0.3, 0.4) is 0 Å². The molecule has 1 aliphatic heterocycles. The van der Waals surface area contributed by atoms with Gasteiger partial charge in [-0.05, 0) is 35.7 Å². The largest absolute Gasteiger partial charge is 0.481 e. The number of carboxylic acid groups (broad SMARTS) is 1. The summed E-state index contributed by atoms with van der Waals surface area (Å²) in [6, 6.07) is 14.3. The van der Waals surface area contributed by atoms with Crippen molar-refractivity contribution in [2.24, 2.45) is 0 Å². The SMILES string of the molecule is CCC[C@H]1CN(Cc2cccc(CC(=O)O)c2)CCN1c1nc2ccc(Cl)cc2s1. The van der Waals surface area contributed by atoms with E-state index in [1.54, 1.807) is 11.3 Å². The van der Waals surface area contributed by atoms with E-state index in [1.807, 2.05) is 36.4 Å². The minimum absolute atomic E-state index is 0.0711. The fraction of sp³-hybridized carbons (Fsp3) is 0.391. The molecule has 1 fully saturated rings. The molecule has 7 heteroatoms. The van der Waals surface area contributed by atoms with Gasteiger partial charge in [-0.1, -0.05) is 60.5 Å². The van der Waals surface area contributed by atoms with Crippen LogP contribution in [-0.2, 0) is 17.8 Å². The molecule has 1 N–H and O–H groups in total. The fourth-order valence-corrected chi connectivity index (χ4v) is 5.51. The second kappa shape index (κ2) is 9.33. The van der Waals surface area contributed by atoms with Crippen molar-refractivity contribution < 1.29 is 9.90 Å². The summed E-state index contributed by atoms with van der Waals surface area (Å²) in [4.78, 5) is 20.8. The number of fused-ring (bicyclic) bond motifs is 1. The van der Waals surface area contributed by atoms with Crippen LogP contribution in [0.2, 0.25) is 5.02 Å². The Hall–Kier alpha value is -2.15. The number of hydrogen-bond donors (Lipinski definition) is 1. The molecular weight excluding hydrogens is 418 g/mol. The van der Waals surface area contributed by atoms with Crippen molar-refractivity contribution in [2.75, 3.05) is 24.5 Å². The number of halogens is 1. The number of carboxylic acids is 1. The summed E-state index contributed by atoms with van der Waals surface area (Å²) < 4.78 is 1.13. The molecule has 0 aliphatic carbocycles. The van der Waals surface area contributed by atoms with E-state index < -0.39 is 5.97 Å². The van der Waals surface area contributed by atoms with E-state index in [2.05, 4.69) is 22.8 Å². The van der Waals surface area contributed by atoms with Gasteiger partial charge in [0.15, 0.2) is 5.13 Å². The molecule has 1 aliphatic rings. The highest BCUT2D eigenvalue weighted by Crippen LogP contribution is 2.33. The van der Waals surface area contributed by atoms with Gasteiger partial charge >= 0.3 is 5.97 Å². The molecule has 0 spiro atoms. The molecule has 1 saturated heterocycles. The number of piperazine rings is 1. The van der Waals surface area contributed by atoms with Gasteiger partial charge < -0.3 is 10.0 Å². The maximum Gasteiger partial charge on any atom is 0.307 e. The lowest BCUT2D eigenvalue weighted by atomic mass is 10.0. The first-order chi connectivity index (χ1) is 14.5. The molecule has 158 valence electrons. The lowest BCUT2D eigenvalue weighted by Gasteiger charge is -2.41. The summed E-state index contributed by atoms with van der Waals surface area (Å²) in [5.41, 5.74) is 3.04. The van der Waals surface area contributed by atoms with Gasteiger partial charge in [-0.15, -0.1) is 0 Å².